The third kappa shape index (κ3) is 3.72. The van der Waals surface area contributed by atoms with E-state index in [9.17, 15) is 19.1 Å². The van der Waals surface area contributed by atoms with Gasteiger partial charge in [0.05, 0.1) is 9.67 Å². The number of nitro benzene ring substituents is 1. The summed E-state index contributed by atoms with van der Waals surface area (Å²) in [5.74, 6) is 0.313. The Morgan fingerprint density at radius 1 is 1.22 bits per heavy atom. The molecular formula is C19H27N3O4S. The first-order valence-electron chi connectivity index (χ1n) is 9.63. The Bertz CT molecular complexity index is 757. The van der Waals surface area contributed by atoms with E-state index in [2.05, 4.69) is 18.7 Å². The molecule has 148 valence electrons. The van der Waals surface area contributed by atoms with Crippen molar-refractivity contribution in [2.45, 2.75) is 44.3 Å². The fourth-order valence-electron chi connectivity index (χ4n) is 4.07. The Labute approximate surface area is 162 Å². The van der Waals surface area contributed by atoms with Crippen molar-refractivity contribution in [3.05, 3.63) is 33.9 Å². The molecule has 2 saturated heterocycles. The van der Waals surface area contributed by atoms with Crippen LogP contribution in [-0.2, 0) is 10.8 Å². The second-order valence-corrected chi connectivity index (χ2v) is 9.28. The van der Waals surface area contributed by atoms with Crippen LogP contribution in [0.5, 0.6) is 0 Å². The van der Waals surface area contributed by atoms with Gasteiger partial charge in [0.15, 0.2) is 0 Å². The van der Waals surface area contributed by atoms with Crippen molar-refractivity contribution in [2.75, 3.05) is 36.8 Å². The number of nitrogens with zero attached hydrogens (tertiary/aromatic N) is 3. The van der Waals surface area contributed by atoms with Crippen LogP contribution in [0.1, 0.15) is 49.9 Å². The van der Waals surface area contributed by atoms with Gasteiger partial charge in [-0.2, -0.15) is 0 Å². The average molecular weight is 394 g/mol. The molecule has 0 aliphatic carbocycles. The molecular weight excluding hydrogens is 366 g/mol. The molecule has 1 amide bonds. The van der Waals surface area contributed by atoms with Gasteiger partial charge in [0.1, 0.15) is 5.56 Å². The number of hydrogen-bond donors (Lipinski definition) is 0. The molecule has 1 aromatic carbocycles. The molecule has 0 radical (unpaired) electrons. The van der Waals surface area contributed by atoms with Crippen LogP contribution in [0.25, 0.3) is 0 Å². The van der Waals surface area contributed by atoms with E-state index in [1.54, 1.807) is 17.0 Å². The number of rotatable bonds is 5. The van der Waals surface area contributed by atoms with Crippen LogP contribution in [0.2, 0.25) is 0 Å². The molecule has 3 rings (SSSR count). The number of anilines is 1. The Morgan fingerprint density at radius 3 is 2.48 bits per heavy atom. The van der Waals surface area contributed by atoms with Crippen molar-refractivity contribution in [3.8, 4) is 0 Å². The van der Waals surface area contributed by atoms with E-state index in [1.165, 1.54) is 6.07 Å². The van der Waals surface area contributed by atoms with Crippen molar-refractivity contribution in [1.29, 1.82) is 0 Å². The summed E-state index contributed by atoms with van der Waals surface area (Å²) in [5, 5.41) is 11.4. The summed E-state index contributed by atoms with van der Waals surface area (Å²) in [6, 6.07) is 4.80. The van der Waals surface area contributed by atoms with Gasteiger partial charge < -0.3 is 9.80 Å². The summed E-state index contributed by atoms with van der Waals surface area (Å²) in [4.78, 5) is 27.6. The SMILES string of the molecule is CCC1(CC)CN(c2ccc([N+](=O)[O-])c(C(=O)N3CCCC3)c2)CCS1=O. The lowest BCUT2D eigenvalue weighted by Crippen LogP contribution is -2.53. The number of carbonyl (C=O) groups excluding carboxylic acids is 1. The van der Waals surface area contributed by atoms with E-state index in [4.69, 9.17) is 0 Å². The lowest BCUT2D eigenvalue weighted by atomic mass is 10.0. The zero-order valence-electron chi connectivity index (χ0n) is 16.0. The molecule has 1 atom stereocenters. The zero-order valence-corrected chi connectivity index (χ0v) is 16.8. The summed E-state index contributed by atoms with van der Waals surface area (Å²) in [5.41, 5.74) is 0.810. The topological polar surface area (TPSA) is 83.8 Å². The lowest BCUT2D eigenvalue weighted by molar-refractivity contribution is -0.385. The second-order valence-electron chi connectivity index (χ2n) is 7.32. The fraction of sp³-hybridized carbons (Fsp3) is 0.632. The van der Waals surface area contributed by atoms with Gasteiger partial charge in [-0.3, -0.25) is 19.1 Å². The molecule has 2 heterocycles. The highest BCUT2D eigenvalue weighted by molar-refractivity contribution is 7.86. The Balaban J connectivity index is 1.94. The number of hydrogen-bond acceptors (Lipinski definition) is 5. The molecule has 7 nitrogen and oxygen atoms in total. The molecule has 0 spiro atoms. The van der Waals surface area contributed by atoms with Gasteiger partial charge >= 0.3 is 0 Å². The van der Waals surface area contributed by atoms with Crippen LogP contribution in [0, 0.1) is 10.1 Å². The summed E-state index contributed by atoms with van der Waals surface area (Å²) in [6.45, 7) is 6.69. The van der Waals surface area contributed by atoms with Crippen molar-refractivity contribution >= 4 is 28.1 Å². The average Bonchev–Trinajstić information content (AvgIpc) is 3.22. The van der Waals surface area contributed by atoms with Crippen LogP contribution in [0.4, 0.5) is 11.4 Å². The molecule has 1 aromatic rings. The van der Waals surface area contributed by atoms with Crippen LogP contribution in [0.15, 0.2) is 18.2 Å². The van der Waals surface area contributed by atoms with Gasteiger partial charge in [0.2, 0.25) is 0 Å². The molecule has 8 heteroatoms. The summed E-state index contributed by atoms with van der Waals surface area (Å²) in [7, 11) is -0.884. The Kier molecular flexibility index (Phi) is 5.83. The molecule has 0 N–H and O–H groups in total. The zero-order chi connectivity index (χ0) is 19.6. The van der Waals surface area contributed by atoms with Crippen LogP contribution in [-0.4, -0.2) is 56.6 Å². The molecule has 0 bridgehead atoms. The third-order valence-corrected chi connectivity index (χ3v) is 8.19. The standard InChI is InChI=1S/C19H27N3O4S/c1-3-19(4-2)14-21(11-12-27(19)26)15-7-8-17(22(24)25)16(13-15)18(23)20-9-5-6-10-20/h7-8,13H,3-6,9-12,14H2,1-2H3. The van der Waals surface area contributed by atoms with Gasteiger partial charge in [-0.05, 0) is 37.8 Å². The Hall–Kier alpha value is -1.96. The normalized spacial score (nSPS) is 22.1. The third-order valence-electron chi connectivity index (χ3n) is 5.96. The summed E-state index contributed by atoms with van der Waals surface area (Å²) >= 11 is 0. The Morgan fingerprint density at radius 2 is 1.89 bits per heavy atom. The van der Waals surface area contributed by atoms with E-state index in [-0.39, 0.29) is 21.9 Å². The minimum Gasteiger partial charge on any atom is -0.369 e. The smallest absolute Gasteiger partial charge is 0.282 e. The minimum absolute atomic E-state index is 0.145. The highest BCUT2D eigenvalue weighted by Gasteiger charge is 2.39. The number of likely N-dealkylation sites (tertiary alicyclic amines) is 1. The van der Waals surface area contributed by atoms with Gasteiger partial charge in [0, 0.05) is 54.5 Å². The van der Waals surface area contributed by atoms with E-state index < -0.39 is 15.7 Å². The highest BCUT2D eigenvalue weighted by atomic mass is 32.2. The predicted molar refractivity (Wildman–Crippen MR) is 107 cm³/mol. The molecule has 2 fully saturated rings. The maximum atomic E-state index is 12.9. The first-order valence-corrected chi connectivity index (χ1v) is 10.9. The fourth-order valence-corrected chi connectivity index (χ4v) is 5.83. The van der Waals surface area contributed by atoms with E-state index in [0.717, 1.165) is 31.4 Å². The van der Waals surface area contributed by atoms with Gasteiger partial charge in [-0.1, -0.05) is 13.8 Å². The van der Waals surface area contributed by atoms with Crippen LogP contribution in [0.3, 0.4) is 0 Å². The minimum atomic E-state index is -0.884. The molecule has 0 saturated carbocycles. The quantitative estimate of drug-likeness (QED) is 0.567. The van der Waals surface area contributed by atoms with Crippen molar-refractivity contribution in [2.24, 2.45) is 0 Å². The maximum absolute atomic E-state index is 12.9. The number of carbonyl (C=O) groups is 1. The number of nitro groups is 1. The van der Waals surface area contributed by atoms with Gasteiger partial charge in [-0.15, -0.1) is 0 Å². The number of benzene rings is 1. The van der Waals surface area contributed by atoms with Gasteiger partial charge in [-0.25, -0.2) is 0 Å². The second kappa shape index (κ2) is 7.96. The van der Waals surface area contributed by atoms with Gasteiger partial charge in [0.25, 0.3) is 11.6 Å². The summed E-state index contributed by atoms with van der Waals surface area (Å²) < 4.78 is 12.3. The van der Waals surface area contributed by atoms with Crippen LogP contribution >= 0.6 is 0 Å². The predicted octanol–water partition coefficient (Wildman–Crippen LogP) is 2.96. The highest BCUT2D eigenvalue weighted by Crippen LogP contribution is 2.33. The molecule has 2 aliphatic rings. The molecule has 2 aliphatic heterocycles. The van der Waals surface area contributed by atoms with Crippen molar-refractivity contribution in [3.63, 3.8) is 0 Å². The molecule has 27 heavy (non-hydrogen) atoms. The van der Waals surface area contributed by atoms with Crippen molar-refractivity contribution in [1.82, 2.24) is 4.90 Å². The van der Waals surface area contributed by atoms with Crippen LogP contribution < -0.4 is 4.90 Å². The first kappa shape index (κ1) is 19.8. The van der Waals surface area contributed by atoms with E-state index >= 15 is 0 Å². The summed E-state index contributed by atoms with van der Waals surface area (Å²) in [6.07, 6.45) is 3.51. The van der Waals surface area contributed by atoms with E-state index in [1.807, 2.05) is 0 Å². The number of amides is 1. The first-order chi connectivity index (χ1) is 12.9. The van der Waals surface area contributed by atoms with E-state index in [0.29, 0.717) is 31.9 Å². The monoisotopic (exact) mass is 393 g/mol. The largest absolute Gasteiger partial charge is 0.369 e. The van der Waals surface area contributed by atoms with Crippen molar-refractivity contribution < 1.29 is 13.9 Å². The maximum Gasteiger partial charge on any atom is 0.282 e. The molecule has 0 aromatic heterocycles. The molecule has 1 unspecified atom stereocenters. The lowest BCUT2D eigenvalue weighted by Gasteiger charge is -2.42.